The number of benzene rings is 1. The van der Waals surface area contributed by atoms with Gasteiger partial charge < -0.3 is 0 Å². The van der Waals surface area contributed by atoms with Gasteiger partial charge >= 0.3 is 0 Å². The molecule has 0 spiro atoms. The summed E-state index contributed by atoms with van der Waals surface area (Å²) in [6.45, 7) is 6.29. The number of hydrogen-bond donors (Lipinski definition) is 0. The summed E-state index contributed by atoms with van der Waals surface area (Å²) in [5.74, 6) is 1.01. The third-order valence-corrected chi connectivity index (χ3v) is 3.11. The van der Waals surface area contributed by atoms with Crippen molar-refractivity contribution in [1.29, 1.82) is 0 Å². The first-order valence-electron chi connectivity index (χ1n) is 5.23. The molecular weight excluding hydrogens is 172 g/mol. The summed E-state index contributed by atoms with van der Waals surface area (Å²) >= 11 is 0. The number of hydrogen-bond acceptors (Lipinski definition) is 1. The van der Waals surface area contributed by atoms with E-state index in [-0.39, 0.29) is 5.92 Å². The van der Waals surface area contributed by atoms with Gasteiger partial charge in [0.15, 0.2) is 5.78 Å². The first-order valence-corrected chi connectivity index (χ1v) is 5.23. The van der Waals surface area contributed by atoms with Crippen molar-refractivity contribution in [1.82, 2.24) is 0 Å². The van der Waals surface area contributed by atoms with Crippen LogP contribution < -0.4 is 0 Å². The maximum Gasteiger partial charge on any atom is 0.166 e. The van der Waals surface area contributed by atoms with Crippen LogP contribution in [-0.4, -0.2) is 5.78 Å². The summed E-state index contributed by atoms with van der Waals surface area (Å²) in [5, 5.41) is 0. The van der Waals surface area contributed by atoms with Gasteiger partial charge in [0, 0.05) is 11.5 Å². The molecule has 2 rings (SSSR count). The molecule has 1 aromatic carbocycles. The van der Waals surface area contributed by atoms with Gasteiger partial charge in [-0.2, -0.15) is 0 Å². The highest BCUT2D eigenvalue weighted by atomic mass is 16.1. The minimum Gasteiger partial charge on any atom is -0.294 e. The molecule has 0 bridgehead atoms. The summed E-state index contributed by atoms with van der Waals surface area (Å²) in [6.07, 6.45) is 0.937. The van der Waals surface area contributed by atoms with Crippen LogP contribution in [0.5, 0.6) is 0 Å². The standard InChI is InChI=1S/C13H16O/c1-8(2)11-7-10-5-4-9(3)6-12(10)13(11)14/h4-6,8,11H,7H2,1-3H3. The summed E-state index contributed by atoms with van der Waals surface area (Å²) in [7, 11) is 0. The largest absolute Gasteiger partial charge is 0.294 e. The number of fused-ring (bicyclic) bond motifs is 1. The van der Waals surface area contributed by atoms with Gasteiger partial charge in [0.25, 0.3) is 0 Å². The van der Waals surface area contributed by atoms with Crippen molar-refractivity contribution in [3.05, 3.63) is 34.9 Å². The van der Waals surface area contributed by atoms with E-state index in [1.807, 2.05) is 13.0 Å². The average Bonchev–Trinajstić information content (AvgIpc) is 2.44. The van der Waals surface area contributed by atoms with Crippen molar-refractivity contribution in [3.8, 4) is 0 Å². The molecule has 1 aliphatic carbocycles. The number of ketones is 1. The van der Waals surface area contributed by atoms with Crippen molar-refractivity contribution in [2.24, 2.45) is 11.8 Å². The Morgan fingerprint density at radius 2 is 2.07 bits per heavy atom. The number of carbonyl (C=O) groups is 1. The van der Waals surface area contributed by atoms with Crippen molar-refractivity contribution >= 4 is 5.78 Å². The van der Waals surface area contributed by atoms with E-state index in [0.717, 1.165) is 12.0 Å². The Morgan fingerprint density at radius 1 is 1.36 bits per heavy atom. The summed E-state index contributed by atoms with van der Waals surface area (Å²) in [4.78, 5) is 12.0. The van der Waals surface area contributed by atoms with Crippen molar-refractivity contribution in [2.45, 2.75) is 27.2 Å². The molecule has 0 saturated carbocycles. The fourth-order valence-corrected chi connectivity index (χ4v) is 2.17. The molecular formula is C13H16O. The van der Waals surface area contributed by atoms with Crippen LogP contribution >= 0.6 is 0 Å². The van der Waals surface area contributed by atoms with Gasteiger partial charge in [-0.3, -0.25) is 4.79 Å². The molecule has 0 heterocycles. The molecule has 1 nitrogen and oxygen atoms in total. The zero-order chi connectivity index (χ0) is 10.3. The van der Waals surface area contributed by atoms with Gasteiger partial charge in [-0.05, 0) is 30.9 Å². The molecule has 0 aliphatic heterocycles. The Balaban J connectivity index is 2.41. The van der Waals surface area contributed by atoms with Crippen LogP contribution in [0.3, 0.4) is 0 Å². The van der Waals surface area contributed by atoms with E-state index in [1.165, 1.54) is 11.1 Å². The normalized spacial score (nSPS) is 20.3. The van der Waals surface area contributed by atoms with Crippen LogP contribution in [0.4, 0.5) is 0 Å². The Labute approximate surface area is 85.1 Å². The third kappa shape index (κ3) is 1.37. The summed E-state index contributed by atoms with van der Waals surface area (Å²) < 4.78 is 0. The van der Waals surface area contributed by atoms with Gasteiger partial charge in [-0.15, -0.1) is 0 Å². The van der Waals surface area contributed by atoms with E-state index >= 15 is 0 Å². The molecule has 0 radical (unpaired) electrons. The van der Waals surface area contributed by atoms with E-state index in [4.69, 9.17) is 0 Å². The molecule has 0 aromatic heterocycles. The Morgan fingerprint density at radius 3 is 2.71 bits per heavy atom. The number of carbonyl (C=O) groups excluding carboxylic acids is 1. The lowest BCUT2D eigenvalue weighted by atomic mass is 9.92. The number of rotatable bonds is 1. The van der Waals surface area contributed by atoms with E-state index in [9.17, 15) is 4.79 Å². The highest BCUT2D eigenvalue weighted by Crippen LogP contribution is 2.31. The fraction of sp³-hybridized carbons (Fsp3) is 0.462. The topological polar surface area (TPSA) is 17.1 Å². The Bertz CT molecular complexity index is 377. The van der Waals surface area contributed by atoms with Gasteiger partial charge in [-0.25, -0.2) is 0 Å². The Hall–Kier alpha value is -1.11. The molecule has 1 unspecified atom stereocenters. The second-order valence-electron chi connectivity index (χ2n) is 4.58. The molecule has 0 fully saturated rings. The van der Waals surface area contributed by atoms with Gasteiger partial charge in [0.2, 0.25) is 0 Å². The molecule has 1 atom stereocenters. The number of Topliss-reactive ketones (excluding diaryl/α,β-unsaturated/α-hetero) is 1. The molecule has 1 heteroatoms. The van der Waals surface area contributed by atoms with Gasteiger partial charge in [-0.1, -0.05) is 31.5 Å². The van der Waals surface area contributed by atoms with Crippen LogP contribution in [0.25, 0.3) is 0 Å². The zero-order valence-electron chi connectivity index (χ0n) is 9.00. The molecule has 74 valence electrons. The number of aryl methyl sites for hydroxylation is 1. The predicted molar refractivity (Wildman–Crippen MR) is 57.5 cm³/mol. The summed E-state index contributed by atoms with van der Waals surface area (Å²) in [6, 6.07) is 6.22. The van der Waals surface area contributed by atoms with Crippen molar-refractivity contribution in [2.75, 3.05) is 0 Å². The first-order chi connectivity index (χ1) is 6.59. The minimum absolute atomic E-state index is 0.215. The quantitative estimate of drug-likeness (QED) is 0.662. The SMILES string of the molecule is Cc1ccc2c(c1)C(=O)C(C(C)C)C2. The predicted octanol–water partition coefficient (Wildman–Crippen LogP) is 3.01. The minimum atomic E-state index is 0.215. The van der Waals surface area contributed by atoms with E-state index in [0.29, 0.717) is 11.7 Å². The lowest BCUT2D eigenvalue weighted by molar-refractivity contribution is 0.0906. The third-order valence-electron chi connectivity index (χ3n) is 3.11. The summed E-state index contributed by atoms with van der Waals surface area (Å²) in [5.41, 5.74) is 3.38. The van der Waals surface area contributed by atoms with Crippen LogP contribution in [0.1, 0.15) is 35.3 Å². The van der Waals surface area contributed by atoms with E-state index < -0.39 is 0 Å². The molecule has 1 aliphatic rings. The maximum atomic E-state index is 12.0. The van der Waals surface area contributed by atoms with Crippen molar-refractivity contribution in [3.63, 3.8) is 0 Å². The first kappa shape index (κ1) is 9.45. The molecule has 0 amide bonds. The average molecular weight is 188 g/mol. The zero-order valence-corrected chi connectivity index (χ0v) is 9.00. The molecule has 0 saturated heterocycles. The molecule has 1 aromatic rings. The molecule has 0 N–H and O–H groups in total. The monoisotopic (exact) mass is 188 g/mol. The van der Waals surface area contributed by atoms with Crippen LogP contribution in [0, 0.1) is 18.8 Å². The van der Waals surface area contributed by atoms with Gasteiger partial charge in [0.1, 0.15) is 0 Å². The highest BCUT2D eigenvalue weighted by molar-refractivity contribution is 6.02. The smallest absolute Gasteiger partial charge is 0.166 e. The maximum absolute atomic E-state index is 12.0. The van der Waals surface area contributed by atoms with E-state index in [1.54, 1.807) is 0 Å². The fourth-order valence-electron chi connectivity index (χ4n) is 2.17. The highest BCUT2D eigenvalue weighted by Gasteiger charge is 2.32. The van der Waals surface area contributed by atoms with Crippen LogP contribution in [-0.2, 0) is 6.42 Å². The van der Waals surface area contributed by atoms with E-state index in [2.05, 4.69) is 26.0 Å². The van der Waals surface area contributed by atoms with Gasteiger partial charge in [0.05, 0.1) is 0 Å². The lowest BCUT2D eigenvalue weighted by Gasteiger charge is -2.10. The second-order valence-corrected chi connectivity index (χ2v) is 4.58. The Kier molecular flexibility index (Phi) is 2.18. The second kappa shape index (κ2) is 3.23. The van der Waals surface area contributed by atoms with Crippen LogP contribution in [0.15, 0.2) is 18.2 Å². The lowest BCUT2D eigenvalue weighted by Crippen LogP contribution is -2.15. The molecule has 14 heavy (non-hydrogen) atoms. The van der Waals surface area contributed by atoms with Crippen molar-refractivity contribution < 1.29 is 4.79 Å². The van der Waals surface area contributed by atoms with Crippen LogP contribution in [0.2, 0.25) is 0 Å².